The maximum absolute atomic E-state index is 6.40. The van der Waals surface area contributed by atoms with Crippen LogP contribution < -0.4 is 5.32 Å². The molecule has 1 aromatic carbocycles. The molecule has 3 nitrogen and oxygen atoms in total. The number of aryl methyl sites for hydroxylation is 1. The maximum atomic E-state index is 6.40. The first-order valence-corrected chi connectivity index (χ1v) is 9.65. The Morgan fingerprint density at radius 2 is 2.18 bits per heavy atom. The molecule has 2 heterocycles. The van der Waals surface area contributed by atoms with Gasteiger partial charge in [-0.3, -0.25) is 0 Å². The first-order valence-electron chi connectivity index (χ1n) is 7.50. The van der Waals surface area contributed by atoms with Crippen LogP contribution >= 0.6 is 35.0 Å². The van der Waals surface area contributed by atoms with E-state index >= 15 is 0 Å². The summed E-state index contributed by atoms with van der Waals surface area (Å²) in [6, 6.07) is 5.68. The molecule has 0 spiro atoms. The average molecular weight is 356 g/mol. The van der Waals surface area contributed by atoms with Gasteiger partial charge in [-0.2, -0.15) is 16.9 Å². The monoisotopic (exact) mass is 355 g/mol. The molecule has 22 heavy (non-hydrogen) atoms. The summed E-state index contributed by atoms with van der Waals surface area (Å²) in [6.07, 6.45) is 6.56. The number of halogens is 2. The van der Waals surface area contributed by atoms with Crippen molar-refractivity contribution in [3.8, 4) is 5.69 Å². The van der Waals surface area contributed by atoms with Crippen molar-refractivity contribution in [3.63, 3.8) is 0 Å². The van der Waals surface area contributed by atoms with E-state index in [2.05, 4.69) is 11.6 Å². The van der Waals surface area contributed by atoms with E-state index in [1.54, 1.807) is 6.07 Å². The van der Waals surface area contributed by atoms with E-state index in [1.165, 1.54) is 24.1 Å². The van der Waals surface area contributed by atoms with Crippen LogP contribution in [-0.4, -0.2) is 28.3 Å². The fraction of sp³-hybridized carbons (Fsp3) is 0.438. The number of fused-ring (bicyclic) bond motifs is 1. The van der Waals surface area contributed by atoms with Gasteiger partial charge in [0.15, 0.2) is 0 Å². The minimum Gasteiger partial charge on any atom is -0.370 e. The summed E-state index contributed by atoms with van der Waals surface area (Å²) in [5, 5.41) is 9.48. The molecule has 1 aliphatic rings. The lowest BCUT2D eigenvalue weighted by Crippen LogP contribution is -2.07. The van der Waals surface area contributed by atoms with Gasteiger partial charge in [0, 0.05) is 18.5 Å². The molecule has 6 heteroatoms. The Morgan fingerprint density at radius 3 is 3.00 bits per heavy atom. The standard InChI is InChI=1S/C16H19Cl2N3S/c1-22-10-8-13-11-5-2-3-9-19-16(11)21(20-13)14-7-4-6-12(17)15(14)18/h4,6-7,19H,2-3,5,8-10H2,1H3. The van der Waals surface area contributed by atoms with Crippen LogP contribution in [0.25, 0.3) is 5.69 Å². The number of rotatable bonds is 4. The summed E-state index contributed by atoms with van der Waals surface area (Å²) in [5.74, 6) is 2.16. The molecule has 2 aromatic rings. The third-order valence-electron chi connectivity index (χ3n) is 3.92. The zero-order valence-electron chi connectivity index (χ0n) is 12.5. The SMILES string of the molecule is CSCCc1nn(-c2cccc(Cl)c2Cl)c2c1CCCCN2. The predicted molar refractivity (Wildman–Crippen MR) is 97.1 cm³/mol. The zero-order chi connectivity index (χ0) is 15.5. The minimum atomic E-state index is 0.553. The van der Waals surface area contributed by atoms with Crippen LogP contribution in [0.4, 0.5) is 5.82 Å². The molecule has 1 aliphatic heterocycles. The van der Waals surface area contributed by atoms with Crippen LogP contribution in [0.3, 0.4) is 0 Å². The number of hydrogen-bond acceptors (Lipinski definition) is 3. The van der Waals surface area contributed by atoms with Gasteiger partial charge < -0.3 is 5.32 Å². The molecule has 0 radical (unpaired) electrons. The first-order chi connectivity index (χ1) is 10.7. The zero-order valence-corrected chi connectivity index (χ0v) is 14.9. The number of hydrogen-bond donors (Lipinski definition) is 1. The molecule has 0 atom stereocenters. The quantitative estimate of drug-likeness (QED) is 0.851. The Balaban J connectivity index is 2.10. The number of anilines is 1. The summed E-state index contributed by atoms with van der Waals surface area (Å²) in [7, 11) is 0. The molecule has 0 unspecified atom stereocenters. The van der Waals surface area contributed by atoms with Crippen molar-refractivity contribution in [1.82, 2.24) is 9.78 Å². The van der Waals surface area contributed by atoms with Crippen LogP contribution in [0.2, 0.25) is 10.0 Å². The Kier molecular flexibility index (Phi) is 5.21. The second-order valence-electron chi connectivity index (χ2n) is 5.39. The summed E-state index contributed by atoms with van der Waals surface area (Å²) in [5.41, 5.74) is 3.35. The number of benzene rings is 1. The lowest BCUT2D eigenvalue weighted by Gasteiger charge is -2.11. The molecular weight excluding hydrogens is 337 g/mol. The summed E-state index contributed by atoms with van der Waals surface area (Å²) in [4.78, 5) is 0. The van der Waals surface area contributed by atoms with E-state index in [0.29, 0.717) is 10.0 Å². The molecule has 0 fully saturated rings. The van der Waals surface area contributed by atoms with E-state index in [0.717, 1.165) is 36.6 Å². The van der Waals surface area contributed by atoms with Gasteiger partial charge in [-0.25, -0.2) is 4.68 Å². The van der Waals surface area contributed by atoms with Crippen molar-refractivity contribution in [2.24, 2.45) is 0 Å². The molecule has 0 saturated carbocycles. The van der Waals surface area contributed by atoms with Gasteiger partial charge in [-0.05, 0) is 43.4 Å². The average Bonchev–Trinajstić information content (AvgIpc) is 2.70. The second kappa shape index (κ2) is 7.16. The maximum Gasteiger partial charge on any atom is 0.133 e. The first kappa shape index (κ1) is 16.0. The largest absolute Gasteiger partial charge is 0.370 e. The van der Waals surface area contributed by atoms with Gasteiger partial charge in [0.2, 0.25) is 0 Å². The summed E-state index contributed by atoms with van der Waals surface area (Å²) >= 11 is 14.4. The number of thioether (sulfide) groups is 1. The molecule has 0 amide bonds. The molecule has 0 bridgehead atoms. The molecule has 0 saturated heterocycles. The van der Waals surface area contributed by atoms with E-state index in [4.69, 9.17) is 28.3 Å². The Labute approximate surface area is 145 Å². The Bertz CT molecular complexity index is 670. The van der Waals surface area contributed by atoms with Crippen molar-refractivity contribution < 1.29 is 0 Å². The van der Waals surface area contributed by atoms with Gasteiger partial charge >= 0.3 is 0 Å². The van der Waals surface area contributed by atoms with E-state index in [9.17, 15) is 0 Å². The van der Waals surface area contributed by atoms with Crippen LogP contribution in [0.1, 0.15) is 24.1 Å². The highest BCUT2D eigenvalue weighted by Gasteiger charge is 2.21. The fourth-order valence-electron chi connectivity index (χ4n) is 2.80. The highest BCUT2D eigenvalue weighted by Crippen LogP contribution is 2.34. The predicted octanol–water partition coefficient (Wildman–Crippen LogP) is 4.83. The van der Waals surface area contributed by atoms with Crippen LogP contribution in [0.5, 0.6) is 0 Å². The lowest BCUT2D eigenvalue weighted by molar-refractivity contribution is 0.766. The van der Waals surface area contributed by atoms with E-state index in [-0.39, 0.29) is 0 Å². The molecule has 118 valence electrons. The van der Waals surface area contributed by atoms with Gasteiger partial charge in [-0.1, -0.05) is 29.3 Å². The third-order valence-corrected chi connectivity index (χ3v) is 5.34. The lowest BCUT2D eigenvalue weighted by atomic mass is 10.1. The summed E-state index contributed by atoms with van der Waals surface area (Å²) in [6.45, 7) is 0.971. The smallest absolute Gasteiger partial charge is 0.133 e. The normalized spacial score (nSPS) is 14.3. The van der Waals surface area contributed by atoms with Crippen LogP contribution in [0.15, 0.2) is 18.2 Å². The van der Waals surface area contributed by atoms with Crippen LogP contribution in [-0.2, 0) is 12.8 Å². The third kappa shape index (κ3) is 3.10. The second-order valence-corrected chi connectivity index (χ2v) is 7.16. The molecule has 3 rings (SSSR count). The Hall–Kier alpha value is -0.840. The topological polar surface area (TPSA) is 29.9 Å². The molecule has 0 aliphatic carbocycles. The number of aromatic nitrogens is 2. The van der Waals surface area contributed by atoms with Crippen molar-refractivity contribution in [1.29, 1.82) is 0 Å². The van der Waals surface area contributed by atoms with Gasteiger partial charge in [0.25, 0.3) is 0 Å². The van der Waals surface area contributed by atoms with Crippen molar-refractivity contribution in [2.75, 3.05) is 23.9 Å². The van der Waals surface area contributed by atoms with Gasteiger partial charge in [-0.15, -0.1) is 0 Å². The van der Waals surface area contributed by atoms with E-state index in [1.807, 2.05) is 28.6 Å². The van der Waals surface area contributed by atoms with Crippen LogP contribution in [0, 0.1) is 0 Å². The molecule has 1 aromatic heterocycles. The number of nitrogens with zero attached hydrogens (tertiary/aromatic N) is 2. The number of nitrogens with one attached hydrogen (secondary N) is 1. The van der Waals surface area contributed by atoms with Crippen molar-refractivity contribution in [2.45, 2.75) is 25.7 Å². The molecule has 1 N–H and O–H groups in total. The van der Waals surface area contributed by atoms with E-state index < -0.39 is 0 Å². The highest BCUT2D eigenvalue weighted by molar-refractivity contribution is 7.98. The Morgan fingerprint density at radius 1 is 1.32 bits per heavy atom. The fourth-order valence-corrected chi connectivity index (χ4v) is 3.58. The minimum absolute atomic E-state index is 0.553. The van der Waals surface area contributed by atoms with Crippen molar-refractivity contribution >= 4 is 40.8 Å². The van der Waals surface area contributed by atoms with Gasteiger partial charge in [0.05, 0.1) is 21.4 Å². The molecular formula is C16H19Cl2N3S. The van der Waals surface area contributed by atoms with Crippen molar-refractivity contribution in [3.05, 3.63) is 39.5 Å². The highest BCUT2D eigenvalue weighted by atomic mass is 35.5. The van der Waals surface area contributed by atoms with Gasteiger partial charge in [0.1, 0.15) is 5.82 Å². The summed E-state index contributed by atoms with van der Waals surface area (Å²) < 4.78 is 1.94.